The van der Waals surface area contributed by atoms with Crippen molar-refractivity contribution < 1.29 is 9.84 Å². The summed E-state index contributed by atoms with van der Waals surface area (Å²) in [5, 5.41) is 9.76. The summed E-state index contributed by atoms with van der Waals surface area (Å²) in [7, 11) is 0. The Labute approximate surface area is 82.3 Å². The molecule has 0 fully saturated rings. The Morgan fingerprint density at radius 2 is 2.31 bits per heavy atom. The summed E-state index contributed by atoms with van der Waals surface area (Å²) in [6.45, 7) is 3.58. The van der Waals surface area contributed by atoms with Gasteiger partial charge in [0.1, 0.15) is 17.5 Å². The van der Waals surface area contributed by atoms with Crippen LogP contribution in [0.4, 0.5) is 0 Å². The van der Waals surface area contributed by atoms with Crippen LogP contribution in [-0.4, -0.2) is 22.3 Å². The standard InChI is InChI=1S/C9H12ClNO2/c1-9(2,12)6-13-7-3-4-11-8(10)5-7/h3-5,12H,6H2,1-2H3. The lowest BCUT2D eigenvalue weighted by Gasteiger charge is -2.17. The fraction of sp³-hybridized carbons (Fsp3) is 0.444. The van der Waals surface area contributed by atoms with Crippen LogP contribution < -0.4 is 4.74 Å². The van der Waals surface area contributed by atoms with Crippen molar-refractivity contribution in [2.45, 2.75) is 19.4 Å². The van der Waals surface area contributed by atoms with Crippen LogP contribution in [0.25, 0.3) is 0 Å². The molecule has 1 rings (SSSR count). The van der Waals surface area contributed by atoms with Crippen molar-refractivity contribution in [3.63, 3.8) is 0 Å². The van der Waals surface area contributed by atoms with E-state index in [2.05, 4.69) is 4.98 Å². The topological polar surface area (TPSA) is 42.4 Å². The zero-order chi connectivity index (χ0) is 9.90. The summed E-state index contributed by atoms with van der Waals surface area (Å²) < 4.78 is 5.28. The lowest BCUT2D eigenvalue weighted by atomic mass is 10.2. The van der Waals surface area contributed by atoms with E-state index in [1.807, 2.05) is 0 Å². The van der Waals surface area contributed by atoms with Crippen LogP contribution >= 0.6 is 11.6 Å². The molecule has 1 aromatic rings. The van der Waals surface area contributed by atoms with Crippen LogP contribution in [0, 0.1) is 0 Å². The Hall–Kier alpha value is -0.800. The van der Waals surface area contributed by atoms with Crippen molar-refractivity contribution in [3.05, 3.63) is 23.5 Å². The molecule has 0 unspecified atom stereocenters. The molecule has 0 saturated carbocycles. The van der Waals surface area contributed by atoms with Gasteiger partial charge in [0, 0.05) is 12.3 Å². The summed E-state index contributed by atoms with van der Waals surface area (Å²) in [5.41, 5.74) is -0.838. The molecule has 0 aliphatic heterocycles. The summed E-state index contributed by atoms with van der Waals surface area (Å²) in [6.07, 6.45) is 1.56. The van der Waals surface area contributed by atoms with E-state index in [4.69, 9.17) is 16.3 Å². The van der Waals surface area contributed by atoms with Gasteiger partial charge in [0.15, 0.2) is 0 Å². The van der Waals surface area contributed by atoms with E-state index >= 15 is 0 Å². The molecule has 0 aliphatic rings. The number of nitrogens with zero attached hydrogens (tertiary/aromatic N) is 1. The van der Waals surface area contributed by atoms with Gasteiger partial charge in [-0.25, -0.2) is 4.98 Å². The molecule has 0 amide bonds. The van der Waals surface area contributed by atoms with E-state index in [0.717, 1.165) is 0 Å². The number of halogens is 1. The van der Waals surface area contributed by atoms with E-state index in [1.165, 1.54) is 0 Å². The summed E-state index contributed by atoms with van der Waals surface area (Å²) >= 11 is 5.64. The number of pyridine rings is 1. The molecule has 72 valence electrons. The van der Waals surface area contributed by atoms with Crippen molar-refractivity contribution >= 4 is 11.6 Å². The minimum absolute atomic E-state index is 0.230. The summed E-state index contributed by atoms with van der Waals surface area (Å²) in [4.78, 5) is 3.81. The zero-order valence-electron chi connectivity index (χ0n) is 7.62. The minimum Gasteiger partial charge on any atom is -0.490 e. The quantitative estimate of drug-likeness (QED) is 0.760. The normalized spacial score (nSPS) is 11.4. The lowest BCUT2D eigenvalue weighted by molar-refractivity contribution is 0.0284. The van der Waals surface area contributed by atoms with Crippen molar-refractivity contribution in [3.8, 4) is 5.75 Å². The van der Waals surface area contributed by atoms with Crippen LogP contribution in [0.15, 0.2) is 18.3 Å². The fourth-order valence-electron chi connectivity index (χ4n) is 0.734. The molecular weight excluding hydrogens is 190 g/mol. The van der Waals surface area contributed by atoms with Gasteiger partial charge in [-0.15, -0.1) is 0 Å². The highest BCUT2D eigenvalue weighted by Gasteiger charge is 2.13. The number of rotatable bonds is 3. The molecular formula is C9H12ClNO2. The smallest absolute Gasteiger partial charge is 0.132 e. The molecule has 13 heavy (non-hydrogen) atoms. The molecule has 0 atom stereocenters. The largest absolute Gasteiger partial charge is 0.490 e. The average Bonchev–Trinajstić information content (AvgIpc) is 2.00. The molecule has 0 spiro atoms. The SMILES string of the molecule is CC(C)(O)COc1ccnc(Cl)c1. The van der Waals surface area contributed by atoms with E-state index < -0.39 is 5.60 Å². The molecule has 1 aromatic heterocycles. The van der Waals surface area contributed by atoms with E-state index in [1.54, 1.807) is 32.2 Å². The highest BCUT2D eigenvalue weighted by molar-refractivity contribution is 6.29. The number of hydrogen-bond donors (Lipinski definition) is 1. The average molecular weight is 202 g/mol. The number of ether oxygens (including phenoxy) is 1. The highest BCUT2D eigenvalue weighted by atomic mass is 35.5. The molecule has 1 N–H and O–H groups in total. The second-order valence-corrected chi connectivity index (χ2v) is 3.80. The Kier molecular flexibility index (Phi) is 3.12. The first-order valence-corrected chi connectivity index (χ1v) is 4.32. The van der Waals surface area contributed by atoms with Gasteiger partial charge >= 0.3 is 0 Å². The molecule has 0 radical (unpaired) electrons. The van der Waals surface area contributed by atoms with Crippen LogP contribution in [-0.2, 0) is 0 Å². The van der Waals surface area contributed by atoms with Crippen molar-refractivity contribution in [1.29, 1.82) is 0 Å². The fourth-order valence-corrected chi connectivity index (χ4v) is 0.898. The van der Waals surface area contributed by atoms with Gasteiger partial charge in [-0.2, -0.15) is 0 Å². The molecule has 0 bridgehead atoms. The monoisotopic (exact) mass is 201 g/mol. The third kappa shape index (κ3) is 4.10. The lowest BCUT2D eigenvalue weighted by Crippen LogP contribution is -2.27. The molecule has 0 aromatic carbocycles. The maximum atomic E-state index is 9.37. The molecule has 0 aliphatic carbocycles. The summed E-state index contributed by atoms with van der Waals surface area (Å²) in [5.74, 6) is 0.613. The van der Waals surface area contributed by atoms with E-state index in [9.17, 15) is 5.11 Å². The summed E-state index contributed by atoms with van der Waals surface area (Å²) in [6, 6.07) is 3.30. The third-order valence-corrected chi connectivity index (χ3v) is 1.50. The predicted molar refractivity (Wildman–Crippen MR) is 51.0 cm³/mol. The van der Waals surface area contributed by atoms with Crippen molar-refractivity contribution in [2.24, 2.45) is 0 Å². The van der Waals surface area contributed by atoms with Gasteiger partial charge in [0.25, 0.3) is 0 Å². The molecule has 1 heterocycles. The number of aliphatic hydroxyl groups is 1. The zero-order valence-corrected chi connectivity index (χ0v) is 8.38. The Morgan fingerprint density at radius 1 is 1.62 bits per heavy atom. The van der Waals surface area contributed by atoms with Gasteiger partial charge in [-0.05, 0) is 19.9 Å². The molecule has 3 nitrogen and oxygen atoms in total. The highest BCUT2D eigenvalue weighted by Crippen LogP contribution is 2.15. The van der Waals surface area contributed by atoms with Crippen LogP contribution in [0.3, 0.4) is 0 Å². The maximum Gasteiger partial charge on any atom is 0.132 e. The van der Waals surface area contributed by atoms with Gasteiger partial charge in [-0.3, -0.25) is 0 Å². The van der Waals surface area contributed by atoms with E-state index in [-0.39, 0.29) is 6.61 Å². The first-order valence-electron chi connectivity index (χ1n) is 3.94. The van der Waals surface area contributed by atoms with Gasteiger partial charge < -0.3 is 9.84 Å². The second kappa shape index (κ2) is 3.94. The maximum absolute atomic E-state index is 9.37. The van der Waals surface area contributed by atoms with Gasteiger partial charge in [0.2, 0.25) is 0 Å². The van der Waals surface area contributed by atoms with Gasteiger partial charge in [-0.1, -0.05) is 11.6 Å². The minimum atomic E-state index is -0.838. The van der Waals surface area contributed by atoms with Crippen LogP contribution in [0.1, 0.15) is 13.8 Å². The Balaban J connectivity index is 2.55. The first-order chi connectivity index (χ1) is 5.97. The van der Waals surface area contributed by atoms with E-state index in [0.29, 0.717) is 10.9 Å². The van der Waals surface area contributed by atoms with Crippen LogP contribution in [0.2, 0.25) is 5.15 Å². The van der Waals surface area contributed by atoms with Crippen LogP contribution in [0.5, 0.6) is 5.75 Å². The van der Waals surface area contributed by atoms with Crippen molar-refractivity contribution in [2.75, 3.05) is 6.61 Å². The third-order valence-electron chi connectivity index (χ3n) is 1.29. The Bertz CT molecular complexity index is 283. The molecule has 0 saturated heterocycles. The number of hydrogen-bond acceptors (Lipinski definition) is 3. The van der Waals surface area contributed by atoms with Crippen molar-refractivity contribution in [1.82, 2.24) is 4.98 Å². The predicted octanol–water partition coefficient (Wildman–Crippen LogP) is 1.88. The Morgan fingerprint density at radius 3 is 2.85 bits per heavy atom. The second-order valence-electron chi connectivity index (χ2n) is 3.42. The number of aromatic nitrogens is 1. The van der Waals surface area contributed by atoms with Gasteiger partial charge in [0.05, 0.1) is 5.60 Å². The molecule has 4 heteroatoms. The first kappa shape index (κ1) is 10.3.